The summed E-state index contributed by atoms with van der Waals surface area (Å²) in [6.07, 6.45) is 4.60. The predicted molar refractivity (Wildman–Crippen MR) is 41.5 cm³/mol. The molecule has 0 unspecified atom stereocenters. The largest absolute Gasteiger partial charge is 0.393 e. The zero-order valence-corrected chi connectivity index (χ0v) is 9.86. The molecule has 0 aromatic rings. The van der Waals surface area contributed by atoms with Crippen LogP contribution in [0.5, 0.6) is 0 Å². The Bertz CT molecular complexity index is 233. The minimum atomic E-state index is 0. The van der Waals surface area contributed by atoms with Gasteiger partial charge in [-0.1, -0.05) is 13.1 Å². The summed E-state index contributed by atoms with van der Waals surface area (Å²) in [7, 11) is 0. The Morgan fingerprint density at radius 1 is 1.73 bits per heavy atom. The van der Waals surface area contributed by atoms with Gasteiger partial charge in [0.1, 0.15) is 0 Å². The number of hydrogen-bond acceptors (Lipinski definition) is 2. The van der Waals surface area contributed by atoms with Crippen molar-refractivity contribution >= 4 is 11.6 Å². The van der Waals surface area contributed by atoms with Crippen LogP contribution >= 0.6 is 11.6 Å². The van der Waals surface area contributed by atoms with Gasteiger partial charge >= 0.3 is 0 Å². The molecule has 1 heterocycles. The Labute approximate surface area is 96.6 Å². The van der Waals surface area contributed by atoms with Gasteiger partial charge in [-0.3, -0.25) is 5.84 Å². The molecule has 1 rings (SSSR count). The molecule has 0 saturated heterocycles. The second-order valence-corrected chi connectivity index (χ2v) is 2.51. The molecule has 1 aliphatic heterocycles. The third kappa shape index (κ3) is 2.71. The first kappa shape index (κ1) is 11.4. The van der Waals surface area contributed by atoms with Crippen LogP contribution in [0.1, 0.15) is 6.92 Å². The van der Waals surface area contributed by atoms with Crippen molar-refractivity contribution in [1.82, 2.24) is 5.01 Å². The number of nitrogens with zero attached hydrogens (tertiary/aromatic N) is 1. The van der Waals surface area contributed by atoms with E-state index in [0.29, 0.717) is 10.7 Å². The van der Waals surface area contributed by atoms with Gasteiger partial charge in [0.2, 0.25) is 0 Å². The SMILES string of the molecule is C=C1C(Cl)=CC(C)=[C-]N1N.[Y]. The molecule has 0 fully saturated rings. The van der Waals surface area contributed by atoms with Crippen molar-refractivity contribution in [1.29, 1.82) is 0 Å². The molecule has 0 atom stereocenters. The third-order valence-corrected chi connectivity index (χ3v) is 1.53. The van der Waals surface area contributed by atoms with E-state index in [0.717, 1.165) is 5.57 Å². The Morgan fingerprint density at radius 2 is 2.27 bits per heavy atom. The standard InChI is InChI=1S/C7H8ClN2.Y/c1-5-3-7(8)6(2)10(9)4-5;/h3H,2,9H2,1H3;/q-1;. The summed E-state index contributed by atoms with van der Waals surface area (Å²) in [4.78, 5) is 0. The number of hydrogen-bond donors (Lipinski definition) is 1. The smallest absolute Gasteiger partial charge is 0 e. The second kappa shape index (κ2) is 4.41. The molecule has 2 N–H and O–H groups in total. The van der Waals surface area contributed by atoms with E-state index in [1.807, 2.05) is 6.92 Å². The molecule has 4 heteroatoms. The number of hydrazine groups is 1. The molecule has 0 amide bonds. The maximum atomic E-state index is 5.74. The van der Waals surface area contributed by atoms with E-state index in [-0.39, 0.29) is 32.7 Å². The first-order valence-electron chi connectivity index (χ1n) is 2.83. The molecule has 2 nitrogen and oxygen atoms in total. The molecule has 11 heavy (non-hydrogen) atoms. The van der Waals surface area contributed by atoms with Gasteiger partial charge in [0.15, 0.2) is 0 Å². The summed E-state index contributed by atoms with van der Waals surface area (Å²) in [5.74, 6) is 5.44. The van der Waals surface area contributed by atoms with Crippen LogP contribution in [0.3, 0.4) is 0 Å². The molecule has 0 aromatic heterocycles. The van der Waals surface area contributed by atoms with Crippen molar-refractivity contribution in [3.8, 4) is 0 Å². The van der Waals surface area contributed by atoms with Crippen molar-refractivity contribution < 1.29 is 32.7 Å². The molecular weight excluding hydrogens is 236 g/mol. The van der Waals surface area contributed by atoms with E-state index in [1.165, 1.54) is 5.01 Å². The maximum Gasteiger partial charge on any atom is 0 e. The van der Waals surface area contributed by atoms with Gasteiger partial charge in [-0.2, -0.15) is 0 Å². The number of halogens is 1. The quantitative estimate of drug-likeness (QED) is 0.517. The molecule has 0 aliphatic carbocycles. The summed E-state index contributed by atoms with van der Waals surface area (Å²) in [6.45, 7) is 5.51. The normalized spacial score (nSPS) is 17.0. The predicted octanol–water partition coefficient (Wildman–Crippen LogP) is 1.52. The summed E-state index contributed by atoms with van der Waals surface area (Å²) in [6, 6.07) is 0. The van der Waals surface area contributed by atoms with Gasteiger partial charge in [-0.05, 0) is 10.7 Å². The number of allylic oxidation sites excluding steroid dienone is 3. The Hall–Kier alpha value is 0.374. The zero-order valence-electron chi connectivity index (χ0n) is 6.26. The summed E-state index contributed by atoms with van der Waals surface area (Å²) < 4.78 is 0. The average Bonchev–Trinajstić information content (AvgIpc) is 1.82. The summed E-state index contributed by atoms with van der Waals surface area (Å²) in [5, 5.41) is 1.86. The fourth-order valence-electron chi connectivity index (χ4n) is 0.678. The van der Waals surface area contributed by atoms with Crippen LogP contribution < -0.4 is 5.84 Å². The van der Waals surface area contributed by atoms with Crippen molar-refractivity contribution in [2.24, 2.45) is 5.84 Å². The summed E-state index contributed by atoms with van der Waals surface area (Å²) >= 11 is 5.74. The molecule has 0 saturated carbocycles. The van der Waals surface area contributed by atoms with E-state index in [9.17, 15) is 0 Å². The number of nitrogens with two attached hydrogens (primary N) is 1. The van der Waals surface area contributed by atoms with Gasteiger partial charge in [0.05, 0.1) is 0 Å². The third-order valence-electron chi connectivity index (χ3n) is 1.21. The topological polar surface area (TPSA) is 29.3 Å². The van der Waals surface area contributed by atoms with Crippen molar-refractivity contribution in [2.75, 3.05) is 0 Å². The van der Waals surface area contributed by atoms with Gasteiger partial charge in [0, 0.05) is 32.7 Å². The van der Waals surface area contributed by atoms with Crippen molar-refractivity contribution in [3.05, 3.63) is 35.2 Å². The van der Waals surface area contributed by atoms with Gasteiger partial charge in [0.25, 0.3) is 0 Å². The van der Waals surface area contributed by atoms with Gasteiger partial charge < -0.3 is 5.01 Å². The second-order valence-electron chi connectivity index (χ2n) is 2.10. The van der Waals surface area contributed by atoms with E-state index < -0.39 is 0 Å². The van der Waals surface area contributed by atoms with Crippen LogP contribution in [0.2, 0.25) is 0 Å². The van der Waals surface area contributed by atoms with E-state index in [1.54, 1.807) is 6.08 Å². The minimum absolute atomic E-state index is 0. The molecule has 0 aromatic carbocycles. The van der Waals surface area contributed by atoms with Crippen LogP contribution in [0.15, 0.2) is 29.0 Å². The molecular formula is C7H8ClN2Y-. The summed E-state index contributed by atoms with van der Waals surface area (Å²) in [5.41, 5.74) is 1.48. The monoisotopic (exact) mass is 244 g/mol. The fourth-order valence-corrected chi connectivity index (χ4v) is 0.933. The van der Waals surface area contributed by atoms with Gasteiger partial charge in [-0.25, -0.2) is 0 Å². The van der Waals surface area contributed by atoms with E-state index >= 15 is 0 Å². The average molecular weight is 245 g/mol. The first-order valence-corrected chi connectivity index (χ1v) is 3.20. The number of rotatable bonds is 0. The van der Waals surface area contributed by atoms with Crippen LogP contribution in [0, 0.1) is 6.20 Å². The minimum Gasteiger partial charge on any atom is -0.393 e. The van der Waals surface area contributed by atoms with Crippen molar-refractivity contribution in [3.63, 3.8) is 0 Å². The molecule has 1 aliphatic rings. The zero-order chi connectivity index (χ0) is 7.72. The van der Waals surface area contributed by atoms with Crippen LogP contribution in [0.25, 0.3) is 0 Å². The van der Waals surface area contributed by atoms with Gasteiger partial charge in [-0.15, -0.1) is 29.8 Å². The van der Waals surface area contributed by atoms with Crippen molar-refractivity contribution in [2.45, 2.75) is 6.92 Å². The van der Waals surface area contributed by atoms with Crippen LogP contribution in [-0.4, -0.2) is 5.01 Å². The van der Waals surface area contributed by atoms with E-state index in [4.69, 9.17) is 17.4 Å². The molecule has 1 radical (unpaired) electrons. The molecule has 0 spiro atoms. The van der Waals surface area contributed by atoms with E-state index in [2.05, 4.69) is 12.8 Å². The first-order chi connectivity index (χ1) is 4.61. The Kier molecular flexibility index (Phi) is 4.56. The Balaban J connectivity index is 0.000001000. The van der Waals surface area contributed by atoms with Crippen LogP contribution in [0.4, 0.5) is 0 Å². The molecule has 57 valence electrons. The maximum absolute atomic E-state index is 5.74. The molecule has 0 bridgehead atoms. The van der Waals surface area contributed by atoms with Crippen LogP contribution in [-0.2, 0) is 32.7 Å². The fraction of sp³-hybridized carbons (Fsp3) is 0.143. The Morgan fingerprint density at radius 3 is 2.73 bits per heavy atom.